The van der Waals surface area contributed by atoms with Crippen molar-refractivity contribution in [3.8, 4) is 0 Å². The minimum absolute atomic E-state index is 1.08. The predicted octanol–water partition coefficient (Wildman–Crippen LogP) is 9.15. The summed E-state index contributed by atoms with van der Waals surface area (Å²) >= 11 is 0. The van der Waals surface area contributed by atoms with Crippen LogP contribution in [-0.4, -0.2) is 16.5 Å². The molecule has 0 N–H and O–H groups in total. The SMILES string of the molecule is C=P(c1ccc2cnncc2c1)(c1ccc2ccc3cccc4ccc1c2c34)c1ccc2ccc3cccc4ccc1c2c34. The predicted molar refractivity (Wildman–Crippen MR) is 193 cm³/mol. The van der Waals surface area contributed by atoms with Gasteiger partial charge in [0.15, 0.2) is 0 Å². The van der Waals surface area contributed by atoms with Gasteiger partial charge in [0.2, 0.25) is 0 Å². The first kappa shape index (κ1) is 24.2. The molecule has 0 saturated carbocycles. The molecular weight excluding hydrogens is 551 g/mol. The van der Waals surface area contributed by atoms with Crippen LogP contribution in [0.4, 0.5) is 0 Å². The van der Waals surface area contributed by atoms with Crippen molar-refractivity contribution in [1.82, 2.24) is 10.2 Å². The number of hydrogen-bond donors (Lipinski definition) is 0. The van der Waals surface area contributed by atoms with Crippen LogP contribution in [0.1, 0.15) is 0 Å². The number of hydrogen-bond acceptors (Lipinski definition) is 2. The molecule has 44 heavy (non-hydrogen) atoms. The van der Waals surface area contributed by atoms with E-state index in [-0.39, 0.29) is 0 Å². The van der Waals surface area contributed by atoms with E-state index in [9.17, 15) is 0 Å². The highest BCUT2D eigenvalue weighted by Gasteiger charge is 2.28. The second kappa shape index (κ2) is 8.63. The molecule has 10 aromatic rings. The first-order valence-electron chi connectivity index (χ1n) is 15.0. The molecule has 1 aromatic heterocycles. The summed E-state index contributed by atoms with van der Waals surface area (Å²) < 4.78 is 0. The van der Waals surface area contributed by atoms with E-state index in [0.717, 1.165) is 10.8 Å². The van der Waals surface area contributed by atoms with Gasteiger partial charge in [0.25, 0.3) is 0 Å². The molecule has 0 radical (unpaired) electrons. The molecule has 2 nitrogen and oxygen atoms in total. The number of fused-ring (bicyclic) bond motifs is 1. The zero-order chi connectivity index (χ0) is 29.0. The summed E-state index contributed by atoms with van der Waals surface area (Å²) in [5, 5.41) is 29.9. The van der Waals surface area contributed by atoms with Crippen LogP contribution in [0.5, 0.6) is 0 Å². The lowest BCUT2D eigenvalue weighted by Crippen LogP contribution is -2.27. The van der Waals surface area contributed by atoms with Gasteiger partial charge in [0.1, 0.15) is 0 Å². The third-order valence-electron chi connectivity index (χ3n) is 9.81. The van der Waals surface area contributed by atoms with Crippen molar-refractivity contribution in [1.29, 1.82) is 0 Å². The van der Waals surface area contributed by atoms with Gasteiger partial charge >= 0.3 is 0 Å². The summed E-state index contributed by atoms with van der Waals surface area (Å²) in [6.07, 6.45) is 9.04. The van der Waals surface area contributed by atoms with Gasteiger partial charge in [0.05, 0.1) is 12.4 Å². The largest absolute Gasteiger partial charge is 0.158 e. The Morgan fingerprint density at radius 1 is 0.386 bits per heavy atom. The molecule has 0 amide bonds. The van der Waals surface area contributed by atoms with Crippen LogP contribution in [-0.2, 0) is 0 Å². The molecule has 0 fully saturated rings. The Hall–Kier alpha value is -5.30. The molecule has 0 bridgehead atoms. The molecule has 0 saturated heterocycles. The Morgan fingerprint density at radius 3 is 1.32 bits per heavy atom. The Kier molecular flexibility index (Phi) is 4.74. The third-order valence-corrected chi connectivity index (χ3v) is 13.4. The fraction of sp³-hybridized carbons (Fsp3) is 0. The first-order valence-corrected chi connectivity index (χ1v) is 16.9. The minimum Gasteiger partial charge on any atom is -0.158 e. The van der Waals surface area contributed by atoms with Gasteiger partial charge in [0, 0.05) is 10.8 Å². The molecule has 1 heterocycles. The first-order chi connectivity index (χ1) is 21.7. The maximum atomic E-state index is 5.33. The average Bonchev–Trinajstić information content (AvgIpc) is 3.09. The molecule has 0 aliphatic heterocycles. The van der Waals surface area contributed by atoms with Gasteiger partial charge in [-0.15, -0.1) is 0 Å². The normalized spacial score (nSPS) is 12.6. The molecule has 0 aliphatic carbocycles. The van der Waals surface area contributed by atoms with Crippen molar-refractivity contribution >= 4 is 105 Å². The van der Waals surface area contributed by atoms with Crippen LogP contribution in [0.15, 0.2) is 140 Å². The van der Waals surface area contributed by atoms with E-state index in [2.05, 4.69) is 138 Å². The fourth-order valence-corrected chi connectivity index (χ4v) is 11.1. The van der Waals surface area contributed by atoms with Crippen LogP contribution in [0, 0.1) is 0 Å². The summed E-state index contributed by atoms with van der Waals surface area (Å²) in [5.74, 6) is 0. The van der Waals surface area contributed by atoms with Gasteiger partial charge in [-0.05, 0) is 93.5 Å². The van der Waals surface area contributed by atoms with Crippen LogP contribution in [0.25, 0.3) is 75.4 Å². The van der Waals surface area contributed by atoms with Crippen LogP contribution >= 0.6 is 6.89 Å². The van der Waals surface area contributed by atoms with Crippen LogP contribution in [0.3, 0.4) is 0 Å². The number of nitrogens with zero attached hydrogens (tertiary/aromatic N) is 2. The van der Waals surface area contributed by atoms with Crippen molar-refractivity contribution in [3.63, 3.8) is 0 Å². The zero-order valence-electron chi connectivity index (χ0n) is 23.8. The second-order valence-electron chi connectivity index (χ2n) is 12.0. The average molecular weight is 577 g/mol. The quantitative estimate of drug-likeness (QED) is 0.155. The second-order valence-corrected chi connectivity index (χ2v) is 15.1. The van der Waals surface area contributed by atoms with Gasteiger partial charge in [-0.25, -0.2) is 0 Å². The summed E-state index contributed by atoms with van der Waals surface area (Å²) in [6.45, 7) is -2.45. The molecule has 204 valence electrons. The number of rotatable bonds is 3. The smallest absolute Gasteiger partial charge is 0.0574 e. The minimum atomic E-state index is -2.45. The van der Waals surface area contributed by atoms with E-state index < -0.39 is 6.89 Å². The van der Waals surface area contributed by atoms with Gasteiger partial charge < -0.3 is 0 Å². The molecular formula is C41H25N2P. The highest BCUT2D eigenvalue weighted by Crippen LogP contribution is 2.49. The molecule has 9 aromatic carbocycles. The van der Waals surface area contributed by atoms with E-state index >= 15 is 0 Å². The summed E-state index contributed by atoms with van der Waals surface area (Å²) in [6, 6.07) is 47.6. The Morgan fingerprint density at radius 2 is 0.795 bits per heavy atom. The van der Waals surface area contributed by atoms with Gasteiger partial charge in [-0.1, -0.05) is 128 Å². The van der Waals surface area contributed by atoms with E-state index in [4.69, 9.17) is 6.30 Å². The maximum absolute atomic E-state index is 5.33. The topological polar surface area (TPSA) is 25.8 Å². The highest BCUT2D eigenvalue weighted by molar-refractivity contribution is 7.94. The molecule has 0 atom stereocenters. The summed E-state index contributed by atoms with van der Waals surface area (Å²) in [4.78, 5) is 0. The maximum Gasteiger partial charge on any atom is 0.0574 e. The lowest BCUT2D eigenvalue weighted by atomic mass is 9.94. The molecule has 0 aliphatic rings. The molecule has 3 heteroatoms. The summed E-state index contributed by atoms with van der Waals surface area (Å²) in [5.41, 5.74) is 0. The third kappa shape index (κ3) is 3.11. The van der Waals surface area contributed by atoms with E-state index in [1.807, 2.05) is 12.4 Å². The van der Waals surface area contributed by atoms with Crippen molar-refractivity contribution < 1.29 is 0 Å². The Balaban J connectivity index is 1.39. The highest BCUT2D eigenvalue weighted by atomic mass is 31.2. The Labute approximate surface area is 253 Å². The van der Waals surface area contributed by atoms with E-state index in [0.29, 0.717) is 0 Å². The van der Waals surface area contributed by atoms with E-state index in [1.165, 1.54) is 80.5 Å². The number of benzene rings is 9. The molecule has 0 spiro atoms. The summed E-state index contributed by atoms with van der Waals surface area (Å²) in [7, 11) is 0. The van der Waals surface area contributed by atoms with Crippen molar-refractivity contribution in [2.45, 2.75) is 0 Å². The lowest BCUT2D eigenvalue weighted by molar-refractivity contribution is 1.05. The standard InChI is InChI=1S/C41H25N2P/c1-44(33-17-12-31-23-42-43-24-32(31)22-33,36-20-15-29-10-8-25-4-2-6-27-13-18-34(36)40(29)38(25)27)37-21-16-30-11-9-26-5-3-7-28-14-19-35(37)41(30)39(26)28/h2-24H,1H2. The Bertz CT molecular complexity index is 2630. The zero-order valence-corrected chi connectivity index (χ0v) is 24.7. The number of aromatic nitrogens is 2. The molecule has 10 rings (SSSR count). The molecule has 0 unspecified atom stereocenters. The van der Waals surface area contributed by atoms with Crippen molar-refractivity contribution in [2.24, 2.45) is 0 Å². The van der Waals surface area contributed by atoms with Gasteiger partial charge in [-0.2, -0.15) is 10.2 Å². The van der Waals surface area contributed by atoms with E-state index in [1.54, 1.807) is 0 Å². The van der Waals surface area contributed by atoms with Crippen molar-refractivity contribution in [2.75, 3.05) is 0 Å². The van der Waals surface area contributed by atoms with Crippen molar-refractivity contribution in [3.05, 3.63) is 140 Å². The lowest BCUT2D eigenvalue weighted by Gasteiger charge is -2.30. The van der Waals surface area contributed by atoms with Crippen LogP contribution < -0.4 is 15.9 Å². The van der Waals surface area contributed by atoms with Crippen LogP contribution in [0.2, 0.25) is 0 Å². The fourth-order valence-electron chi connectivity index (χ4n) is 7.73. The monoisotopic (exact) mass is 576 g/mol. The van der Waals surface area contributed by atoms with Gasteiger partial charge in [-0.3, -0.25) is 0 Å².